The van der Waals surface area contributed by atoms with Crippen molar-refractivity contribution in [1.82, 2.24) is 18.6 Å². The Balaban J connectivity index is 0.000000158. The molecule has 0 spiro atoms. The molecule has 0 radical (unpaired) electrons. The summed E-state index contributed by atoms with van der Waals surface area (Å²) in [6.07, 6.45) is 12.4. The van der Waals surface area contributed by atoms with Gasteiger partial charge >= 0.3 is 7.12 Å². The van der Waals surface area contributed by atoms with Crippen molar-refractivity contribution >= 4 is 71.8 Å². The summed E-state index contributed by atoms with van der Waals surface area (Å²) >= 11 is 15.8. The number of pyridine rings is 2. The molecule has 0 aliphatic carbocycles. The van der Waals surface area contributed by atoms with Crippen molar-refractivity contribution in [3.8, 4) is 11.1 Å². The molecule has 2 atom stereocenters. The summed E-state index contributed by atoms with van der Waals surface area (Å²) in [7, 11) is -7.52. The van der Waals surface area contributed by atoms with Crippen LogP contribution in [0.2, 0.25) is 10.0 Å². The zero-order chi connectivity index (χ0) is 48.9. The molecule has 0 amide bonds. The molecule has 10 nitrogen and oxygen atoms in total. The lowest BCUT2D eigenvalue weighted by Crippen LogP contribution is -2.41. The van der Waals surface area contributed by atoms with Gasteiger partial charge in [-0.15, -0.1) is 0 Å². The van der Waals surface area contributed by atoms with Gasteiger partial charge in [0.1, 0.15) is 0 Å². The first-order valence-electron chi connectivity index (χ1n) is 22.9. The van der Waals surface area contributed by atoms with E-state index in [1.807, 2.05) is 94.4 Å². The number of rotatable bonds is 8. The number of benzene rings is 4. The van der Waals surface area contributed by atoms with Gasteiger partial charge in [-0.2, -0.15) is 8.61 Å². The second-order valence-corrected chi connectivity index (χ2v) is 23.7. The zero-order valence-corrected chi connectivity index (χ0v) is 44.0. The predicted octanol–water partition coefficient (Wildman–Crippen LogP) is 12.3. The maximum absolute atomic E-state index is 13.6. The topological polar surface area (TPSA) is 119 Å². The first-order chi connectivity index (χ1) is 32.3. The summed E-state index contributed by atoms with van der Waals surface area (Å²) in [5.74, 6) is 0. The SMILES string of the molecule is CC1(C)OB(c2ccncc2)OC1(C)C.Cc1c(Cl)cccc1S(=O)(=O)N1CCCCC1c1cccc(-c2ccncc2)c1.Cc1c(Cl)cccc1S(=O)(=O)N1CCCCC1c1cccc(Br)c1. The third kappa shape index (κ3) is 11.6. The van der Waals surface area contributed by atoms with Crippen LogP contribution in [0.5, 0.6) is 0 Å². The molecular formula is C52H58BBrCl2N4O6S2. The molecule has 3 aliphatic rings. The number of piperidine rings is 2. The third-order valence-electron chi connectivity index (χ3n) is 13.3. The van der Waals surface area contributed by atoms with E-state index in [0.717, 1.165) is 70.7 Å². The van der Waals surface area contributed by atoms with Gasteiger partial charge in [-0.05, 0) is 173 Å². The normalized spacial score (nSPS) is 19.6. The largest absolute Gasteiger partial charge is 0.494 e. The Hall–Kier alpha value is -3.96. The van der Waals surface area contributed by atoms with Crippen LogP contribution < -0.4 is 5.46 Å². The maximum atomic E-state index is 13.6. The molecule has 0 bridgehead atoms. The highest BCUT2D eigenvalue weighted by molar-refractivity contribution is 9.10. The van der Waals surface area contributed by atoms with Gasteiger partial charge in [0.15, 0.2) is 0 Å². The van der Waals surface area contributed by atoms with Gasteiger partial charge in [-0.25, -0.2) is 16.8 Å². The molecule has 2 unspecified atom stereocenters. The van der Waals surface area contributed by atoms with E-state index in [9.17, 15) is 16.8 Å². The van der Waals surface area contributed by atoms with Gasteiger partial charge in [0.05, 0.1) is 33.1 Å². The van der Waals surface area contributed by atoms with Crippen LogP contribution in [0.4, 0.5) is 0 Å². The zero-order valence-electron chi connectivity index (χ0n) is 39.3. The quantitative estimate of drug-likeness (QED) is 0.138. The van der Waals surface area contributed by atoms with Gasteiger partial charge in [-0.3, -0.25) is 9.97 Å². The molecule has 3 fully saturated rings. The predicted molar refractivity (Wildman–Crippen MR) is 277 cm³/mol. The van der Waals surface area contributed by atoms with E-state index < -0.39 is 20.0 Å². The monoisotopic (exact) mass is 1060 g/mol. The van der Waals surface area contributed by atoms with Crippen molar-refractivity contribution in [2.75, 3.05) is 13.1 Å². The van der Waals surface area contributed by atoms with Crippen LogP contribution in [-0.4, -0.2) is 66.8 Å². The number of aromatic nitrogens is 2. The van der Waals surface area contributed by atoms with Gasteiger partial charge in [0.2, 0.25) is 20.0 Å². The van der Waals surface area contributed by atoms with Crippen LogP contribution >= 0.6 is 39.1 Å². The van der Waals surface area contributed by atoms with Crippen LogP contribution in [0.3, 0.4) is 0 Å². The Morgan fingerprint density at radius 1 is 0.588 bits per heavy atom. The van der Waals surface area contributed by atoms with Crippen LogP contribution in [-0.2, 0) is 29.4 Å². The Bertz CT molecular complexity index is 2900. The summed E-state index contributed by atoms with van der Waals surface area (Å²) in [6.45, 7) is 12.8. The molecule has 16 heteroatoms. The lowest BCUT2D eigenvalue weighted by atomic mass is 9.80. The van der Waals surface area contributed by atoms with E-state index in [1.165, 1.54) is 0 Å². The van der Waals surface area contributed by atoms with E-state index in [0.29, 0.717) is 44.1 Å². The van der Waals surface area contributed by atoms with Crippen LogP contribution in [0.15, 0.2) is 148 Å². The third-order valence-corrected chi connectivity index (χ3v) is 18.7. The fourth-order valence-corrected chi connectivity index (χ4v) is 13.5. The second kappa shape index (κ2) is 22.0. The molecule has 2 aromatic heterocycles. The molecule has 358 valence electrons. The average Bonchev–Trinajstić information content (AvgIpc) is 3.57. The van der Waals surface area contributed by atoms with Crippen molar-refractivity contribution in [1.29, 1.82) is 0 Å². The van der Waals surface area contributed by atoms with Gasteiger partial charge in [0.25, 0.3) is 0 Å². The highest BCUT2D eigenvalue weighted by atomic mass is 79.9. The molecule has 9 rings (SSSR count). The van der Waals surface area contributed by atoms with Gasteiger partial charge < -0.3 is 9.31 Å². The van der Waals surface area contributed by atoms with Crippen LogP contribution in [0.25, 0.3) is 11.1 Å². The average molecular weight is 1060 g/mol. The first-order valence-corrected chi connectivity index (χ1v) is 27.3. The van der Waals surface area contributed by atoms with E-state index in [2.05, 4.69) is 32.0 Å². The van der Waals surface area contributed by atoms with Crippen molar-refractivity contribution < 1.29 is 26.1 Å². The smallest absolute Gasteiger partial charge is 0.399 e. The Morgan fingerprint density at radius 3 is 1.51 bits per heavy atom. The Kier molecular flexibility index (Phi) is 16.8. The van der Waals surface area contributed by atoms with Crippen molar-refractivity contribution in [2.24, 2.45) is 0 Å². The number of halogens is 3. The lowest BCUT2D eigenvalue weighted by Gasteiger charge is -2.35. The summed E-state index contributed by atoms with van der Waals surface area (Å²) < 4.78 is 69.7. The van der Waals surface area contributed by atoms with Crippen molar-refractivity contribution in [3.63, 3.8) is 0 Å². The van der Waals surface area contributed by atoms with E-state index in [-0.39, 0.29) is 30.4 Å². The van der Waals surface area contributed by atoms with Crippen molar-refractivity contribution in [3.05, 3.63) is 171 Å². The minimum Gasteiger partial charge on any atom is -0.399 e. The summed E-state index contributed by atoms with van der Waals surface area (Å²) in [4.78, 5) is 8.65. The molecule has 0 N–H and O–H groups in total. The van der Waals surface area contributed by atoms with Crippen LogP contribution in [0, 0.1) is 13.8 Å². The van der Waals surface area contributed by atoms with Crippen LogP contribution in [0.1, 0.15) is 101 Å². The fourth-order valence-electron chi connectivity index (χ4n) is 8.72. The van der Waals surface area contributed by atoms with E-state index in [4.69, 9.17) is 32.5 Å². The molecule has 4 aromatic carbocycles. The maximum Gasteiger partial charge on any atom is 0.494 e. The van der Waals surface area contributed by atoms with Gasteiger partial charge in [0, 0.05) is 52.4 Å². The Labute approximate surface area is 421 Å². The molecular weight excluding hydrogens is 1000 g/mol. The molecule has 6 aromatic rings. The van der Waals surface area contributed by atoms with E-state index in [1.54, 1.807) is 83.6 Å². The standard InChI is InChI=1S/C23H23ClN2O2S.C18H19BrClNO2S.C11H16BNO2/c1-17-21(24)8-5-10-23(17)29(27,28)26-15-3-2-9-22(26)20-7-4-6-19(16-20)18-11-13-25-14-12-18;1-13-16(20)8-5-10-18(13)24(22,23)21-11-3-2-9-17(21)14-6-4-7-15(19)12-14;1-10(2)11(3,4)15-12(14-10)9-5-7-13-8-6-9/h4-8,10-14,16,22H,2-3,9,15H2,1H3;4-8,10,12,17H,2-3,9,11H2,1H3;5-8H,1-4H3. The minimum atomic E-state index is -3.65. The number of hydrogen-bond acceptors (Lipinski definition) is 8. The molecule has 3 saturated heterocycles. The highest BCUT2D eigenvalue weighted by Gasteiger charge is 2.51. The number of hydrogen-bond donors (Lipinski definition) is 0. The van der Waals surface area contributed by atoms with Crippen molar-refractivity contribution in [2.45, 2.75) is 113 Å². The molecule has 68 heavy (non-hydrogen) atoms. The summed E-state index contributed by atoms with van der Waals surface area (Å²) in [5, 5.41) is 0.950. The molecule has 0 saturated carbocycles. The van der Waals surface area contributed by atoms with Gasteiger partial charge in [-0.1, -0.05) is 94.4 Å². The second-order valence-electron chi connectivity index (χ2n) is 18.3. The fraction of sp³-hybridized carbons (Fsp3) is 0.346. The first kappa shape index (κ1) is 51.9. The summed E-state index contributed by atoms with van der Waals surface area (Å²) in [6, 6.07) is 33.6. The number of sulfonamides is 2. The Morgan fingerprint density at radius 2 is 1.03 bits per heavy atom. The minimum absolute atomic E-state index is 0.139. The molecule has 3 aliphatic heterocycles. The lowest BCUT2D eigenvalue weighted by molar-refractivity contribution is 0.00578. The molecule has 5 heterocycles. The highest BCUT2D eigenvalue weighted by Crippen LogP contribution is 2.40. The van der Waals surface area contributed by atoms with E-state index >= 15 is 0 Å². The summed E-state index contributed by atoms with van der Waals surface area (Å²) in [5.41, 5.74) is 5.84. The number of nitrogens with zero attached hydrogens (tertiary/aromatic N) is 4.